The number of amides is 1. The van der Waals surface area contributed by atoms with Crippen LogP contribution in [0.1, 0.15) is 32.9 Å². The van der Waals surface area contributed by atoms with Crippen molar-refractivity contribution in [3.05, 3.63) is 72.7 Å². The number of nitrogens with one attached hydrogen (secondary N) is 2. The van der Waals surface area contributed by atoms with Gasteiger partial charge < -0.3 is 30.3 Å². The van der Waals surface area contributed by atoms with E-state index in [0.29, 0.717) is 42.2 Å². The first-order chi connectivity index (χ1) is 21.0. The summed E-state index contributed by atoms with van der Waals surface area (Å²) in [7, 11) is 0. The van der Waals surface area contributed by atoms with Gasteiger partial charge in [-0.2, -0.15) is 4.98 Å². The molecule has 1 aliphatic heterocycles. The quantitative estimate of drug-likeness (QED) is 0.249. The summed E-state index contributed by atoms with van der Waals surface area (Å²) in [6.07, 6.45) is 2.75. The van der Waals surface area contributed by atoms with Crippen LogP contribution in [-0.2, 0) is 9.53 Å². The average molecular weight is 598 g/mol. The molecule has 228 valence electrons. The van der Waals surface area contributed by atoms with E-state index in [1.165, 1.54) is 0 Å². The predicted molar refractivity (Wildman–Crippen MR) is 166 cm³/mol. The Hall–Kier alpha value is -5.33. The van der Waals surface area contributed by atoms with Crippen molar-refractivity contribution in [1.29, 1.82) is 0 Å². The van der Waals surface area contributed by atoms with E-state index in [1.807, 2.05) is 75.1 Å². The fourth-order valence-electron chi connectivity index (χ4n) is 4.77. The van der Waals surface area contributed by atoms with Crippen molar-refractivity contribution in [2.24, 2.45) is 0 Å². The summed E-state index contributed by atoms with van der Waals surface area (Å²) in [4.78, 5) is 50.1. The lowest BCUT2D eigenvalue weighted by Gasteiger charge is -2.42. The van der Waals surface area contributed by atoms with E-state index in [4.69, 9.17) is 4.74 Å². The number of hydrogen-bond donors (Lipinski definition) is 3. The molecule has 1 unspecified atom stereocenters. The molecule has 0 aliphatic carbocycles. The van der Waals surface area contributed by atoms with Crippen molar-refractivity contribution < 1.29 is 19.4 Å². The van der Waals surface area contributed by atoms with Crippen LogP contribution in [0.5, 0.6) is 0 Å². The summed E-state index contributed by atoms with van der Waals surface area (Å²) in [6.45, 7) is 8.49. The van der Waals surface area contributed by atoms with E-state index < -0.39 is 23.7 Å². The number of carboxylic acid groups (broad SMARTS) is 1. The first-order valence-corrected chi connectivity index (χ1v) is 14.2. The number of piperazine rings is 1. The highest BCUT2D eigenvalue weighted by Crippen LogP contribution is 2.26. The molecule has 1 saturated heterocycles. The number of carbonyl (C=O) groups is 2. The van der Waals surface area contributed by atoms with Gasteiger partial charge in [0.15, 0.2) is 5.82 Å². The van der Waals surface area contributed by atoms with Crippen LogP contribution in [0.3, 0.4) is 0 Å². The molecule has 1 aromatic carbocycles. The van der Waals surface area contributed by atoms with E-state index in [-0.39, 0.29) is 13.0 Å². The minimum absolute atomic E-state index is 0.109. The van der Waals surface area contributed by atoms with Gasteiger partial charge in [-0.05, 0) is 76.2 Å². The van der Waals surface area contributed by atoms with Crippen LogP contribution in [0.25, 0.3) is 11.5 Å². The highest BCUT2D eigenvalue weighted by Gasteiger charge is 2.33. The maximum Gasteiger partial charge on any atom is 0.410 e. The number of carbonyl (C=O) groups excluding carboxylic acids is 1. The fourth-order valence-corrected chi connectivity index (χ4v) is 4.77. The molecule has 3 N–H and O–H groups in total. The minimum atomic E-state index is -0.931. The van der Waals surface area contributed by atoms with Crippen molar-refractivity contribution in [3.63, 3.8) is 0 Å². The molecular weight excluding hydrogens is 562 g/mol. The number of aliphatic carboxylic acids is 1. The monoisotopic (exact) mass is 597 g/mol. The minimum Gasteiger partial charge on any atom is -0.481 e. The molecule has 4 aromatic rings. The fraction of sp³-hybridized carbons (Fsp3) is 0.323. The van der Waals surface area contributed by atoms with Crippen molar-refractivity contribution in [1.82, 2.24) is 29.8 Å². The van der Waals surface area contributed by atoms with Crippen molar-refractivity contribution in [3.8, 4) is 11.5 Å². The van der Waals surface area contributed by atoms with E-state index >= 15 is 0 Å². The average Bonchev–Trinajstić information content (AvgIpc) is 2.97. The third-order valence-electron chi connectivity index (χ3n) is 6.68. The van der Waals surface area contributed by atoms with E-state index in [1.54, 1.807) is 29.4 Å². The molecule has 3 aromatic heterocycles. The van der Waals surface area contributed by atoms with Gasteiger partial charge in [-0.3, -0.25) is 4.79 Å². The molecule has 5 rings (SSSR count). The number of hydrogen-bond acceptors (Lipinski definition) is 11. The Labute approximate surface area is 255 Å². The summed E-state index contributed by atoms with van der Waals surface area (Å²) < 4.78 is 5.50. The van der Waals surface area contributed by atoms with Gasteiger partial charge >= 0.3 is 12.1 Å². The number of aromatic nitrogens is 5. The number of carboxylic acids is 1. The Morgan fingerprint density at radius 1 is 0.932 bits per heavy atom. The molecule has 44 heavy (non-hydrogen) atoms. The first kappa shape index (κ1) is 30.1. The largest absolute Gasteiger partial charge is 0.481 e. The highest BCUT2D eigenvalue weighted by atomic mass is 16.6. The predicted octanol–water partition coefficient (Wildman–Crippen LogP) is 5.02. The van der Waals surface area contributed by atoms with Gasteiger partial charge in [0.2, 0.25) is 5.95 Å². The third kappa shape index (κ3) is 7.94. The normalized spacial score (nSPS) is 15.0. The Kier molecular flexibility index (Phi) is 8.83. The molecular formula is C31H35N9O4. The Morgan fingerprint density at radius 3 is 2.36 bits per heavy atom. The molecule has 1 amide bonds. The van der Waals surface area contributed by atoms with E-state index in [0.717, 1.165) is 17.1 Å². The van der Waals surface area contributed by atoms with Gasteiger partial charge in [0, 0.05) is 49.1 Å². The molecule has 4 heterocycles. The summed E-state index contributed by atoms with van der Waals surface area (Å²) in [5, 5.41) is 15.9. The summed E-state index contributed by atoms with van der Waals surface area (Å²) in [5.41, 5.74) is 2.54. The van der Waals surface area contributed by atoms with Crippen molar-refractivity contribution in [2.45, 2.75) is 45.8 Å². The highest BCUT2D eigenvalue weighted by molar-refractivity contribution is 5.72. The Bertz CT molecular complexity index is 1630. The van der Waals surface area contributed by atoms with Crippen LogP contribution < -0.4 is 15.5 Å². The molecule has 0 radical (unpaired) electrons. The lowest BCUT2D eigenvalue weighted by Crippen LogP contribution is -2.56. The number of benzene rings is 1. The van der Waals surface area contributed by atoms with Gasteiger partial charge in [-0.1, -0.05) is 6.07 Å². The second-order valence-corrected chi connectivity index (χ2v) is 11.4. The molecule has 13 heteroatoms. The summed E-state index contributed by atoms with van der Waals surface area (Å²) in [5.74, 6) is 1.06. The molecule has 13 nitrogen and oxygen atoms in total. The lowest BCUT2D eigenvalue weighted by atomic mass is 10.1. The molecule has 1 aliphatic rings. The third-order valence-corrected chi connectivity index (χ3v) is 6.68. The van der Waals surface area contributed by atoms with Gasteiger partial charge in [-0.15, -0.1) is 0 Å². The SMILES string of the molecule is Cc1cccc(-c2nccc(Nc3ccnc(Nc4ccc(N5CCN(C(=O)OC(C)(C)C)CC5CC(=O)O)cc4)n3)n2)n1. The summed E-state index contributed by atoms with van der Waals surface area (Å²) >= 11 is 0. The van der Waals surface area contributed by atoms with Crippen LogP contribution in [0, 0.1) is 6.92 Å². The Morgan fingerprint density at radius 2 is 1.66 bits per heavy atom. The number of rotatable bonds is 8. The van der Waals surface area contributed by atoms with Crippen LogP contribution >= 0.6 is 0 Å². The van der Waals surface area contributed by atoms with E-state index in [2.05, 4.69) is 35.6 Å². The van der Waals surface area contributed by atoms with Gasteiger partial charge in [0.25, 0.3) is 0 Å². The van der Waals surface area contributed by atoms with Crippen molar-refractivity contribution in [2.75, 3.05) is 35.2 Å². The second kappa shape index (κ2) is 12.9. The maximum absolute atomic E-state index is 12.6. The van der Waals surface area contributed by atoms with Gasteiger partial charge in [-0.25, -0.2) is 24.7 Å². The topological polar surface area (TPSA) is 159 Å². The van der Waals surface area contributed by atoms with Crippen LogP contribution in [0.2, 0.25) is 0 Å². The lowest BCUT2D eigenvalue weighted by molar-refractivity contribution is -0.137. The maximum atomic E-state index is 12.6. The molecule has 1 fully saturated rings. The number of pyridine rings is 1. The standard InChI is InChI=1S/C31H35N9O4/c1-20-6-5-7-24(34-20)28-32-14-12-25(37-28)36-26-13-15-33-29(38-26)35-21-8-10-22(11-9-21)40-17-16-39(19-23(40)18-27(41)42)30(43)44-31(2,3)4/h5-15,23H,16-19H2,1-4H3,(H,41,42)(H2,32,33,35,36,37,38). The summed E-state index contributed by atoms with van der Waals surface area (Å²) in [6, 6.07) is 16.3. The molecule has 1 atom stereocenters. The van der Waals surface area contributed by atoms with Gasteiger partial charge in [0.05, 0.1) is 12.5 Å². The van der Waals surface area contributed by atoms with Gasteiger partial charge in [0.1, 0.15) is 22.9 Å². The molecule has 0 saturated carbocycles. The zero-order valence-electron chi connectivity index (χ0n) is 25.1. The number of ether oxygens (including phenoxy) is 1. The van der Waals surface area contributed by atoms with Crippen LogP contribution in [0.4, 0.5) is 33.8 Å². The molecule has 0 bridgehead atoms. The zero-order valence-corrected chi connectivity index (χ0v) is 25.1. The first-order valence-electron chi connectivity index (χ1n) is 14.2. The zero-order chi connectivity index (χ0) is 31.3. The number of anilines is 5. The smallest absolute Gasteiger partial charge is 0.410 e. The van der Waals surface area contributed by atoms with Crippen LogP contribution in [-0.4, -0.2) is 78.3 Å². The van der Waals surface area contributed by atoms with Crippen LogP contribution in [0.15, 0.2) is 67.0 Å². The number of aryl methyl sites for hydroxylation is 1. The number of nitrogens with zero attached hydrogens (tertiary/aromatic N) is 7. The van der Waals surface area contributed by atoms with Crippen molar-refractivity contribution >= 4 is 41.0 Å². The van der Waals surface area contributed by atoms with E-state index in [9.17, 15) is 14.7 Å². The molecule has 0 spiro atoms. The Balaban J connectivity index is 1.24. The second-order valence-electron chi connectivity index (χ2n) is 11.4.